The van der Waals surface area contributed by atoms with Crippen molar-refractivity contribution in [1.29, 1.82) is 0 Å². The van der Waals surface area contributed by atoms with Crippen molar-refractivity contribution in [2.45, 2.75) is 50.5 Å². The van der Waals surface area contributed by atoms with Gasteiger partial charge < -0.3 is 9.64 Å². The van der Waals surface area contributed by atoms with Crippen molar-refractivity contribution in [3.8, 4) is 0 Å². The number of benzene rings is 1. The lowest BCUT2D eigenvalue weighted by Gasteiger charge is -2.31. The Morgan fingerprint density at radius 1 is 1.39 bits per heavy atom. The van der Waals surface area contributed by atoms with Gasteiger partial charge in [0.1, 0.15) is 5.82 Å². The molecule has 0 N–H and O–H groups in total. The van der Waals surface area contributed by atoms with Crippen LogP contribution in [0, 0.1) is 5.82 Å². The van der Waals surface area contributed by atoms with Gasteiger partial charge in [-0.05, 0) is 37.0 Å². The van der Waals surface area contributed by atoms with Crippen molar-refractivity contribution >= 4 is 17.7 Å². The number of imide groups is 1. The molecule has 3 amide bonds. The molecule has 6 nitrogen and oxygen atoms in total. The second-order valence-electron chi connectivity index (χ2n) is 7.68. The Bertz CT molecular complexity index is 763. The molecule has 2 heterocycles. The van der Waals surface area contributed by atoms with Crippen molar-refractivity contribution in [2.24, 2.45) is 0 Å². The number of likely N-dealkylation sites (N-methyl/N-ethyl adjacent to an activating group) is 1. The molecular formula is C21H27FN2O4. The zero-order chi connectivity index (χ0) is 20.3. The van der Waals surface area contributed by atoms with E-state index in [1.165, 1.54) is 25.2 Å². The van der Waals surface area contributed by atoms with Crippen LogP contribution in [0.2, 0.25) is 0 Å². The summed E-state index contributed by atoms with van der Waals surface area (Å²) >= 11 is 0. The number of hydrogen-bond donors (Lipinski definition) is 0. The highest BCUT2D eigenvalue weighted by molar-refractivity contribution is 6.10. The molecule has 152 valence electrons. The van der Waals surface area contributed by atoms with Crippen molar-refractivity contribution in [1.82, 2.24) is 9.80 Å². The minimum absolute atomic E-state index is 0.00389. The standard InChI is InChI=1S/C21H27FN2O4/c1-3-9-24(14-17-8-5-10-28-17)19(26)13-21(12-18(25)23(2)20(21)27)15-6-4-7-16(22)11-15/h4,6-7,11,17H,3,5,8-10,12-14H2,1-2H3/t17-,21-/m1/s1. The number of amides is 3. The van der Waals surface area contributed by atoms with Gasteiger partial charge in [0.05, 0.1) is 11.5 Å². The average molecular weight is 390 g/mol. The maximum absolute atomic E-state index is 13.9. The van der Waals surface area contributed by atoms with Gasteiger partial charge in [-0.2, -0.15) is 0 Å². The first kappa shape index (κ1) is 20.5. The monoisotopic (exact) mass is 390 g/mol. The molecule has 2 fully saturated rings. The first-order chi connectivity index (χ1) is 13.4. The minimum atomic E-state index is -1.35. The van der Waals surface area contributed by atoms with Crippen LogP contribution in [0.4, 0.5) is 4.39 Å². The normalized spacial score (nSPS) is 24.8. The number of hydrogen-bond acceptors (Lipinski definition) is 4. The van der Waals surface area contributed by atoms with Crippen molar-refractivity contribution in [2.75, 3.05) is 26.7 Å². The minimum Gasteiger partial charge on any atom is -0.376 e. The molecule has 1 aromatic carbocycles. The Hall–Kier alpha value is -2.28. The molecule has 0 saturated carbocycles. The van der Waals surface area contributed by atoms with E-state index in [0.29, 0.717) is 25.3 Å². The van der Waals surface area contributed by atoms with Crippen molar-refractivity contribution in [3.63, 3.8) is 0 Å². The average Bonchev–Trinajstić information content (AvgIpc) is 3.25. The molecule has 2 atom stereocenters. The molecule has 28 heavy (non-hydrogen) atoms. The molecule has 7 heteroatoms. The van der Waals surface area contributed by atoms with E-state index < -0.39 is 17.1 Å². The molecule has 0 aliphatic carbocycles. The van der Waals surface area contributed by atoms with Crippen LogP contribution < -0.4 is 0 Å². The van der Waals surface area contributed by atoms with Crippen molar-refractivity contribution in [3.05, 3.63) is 35.6 Å². The summed E-state index contributed by atoms with van der Waals surface area (Å²) in [7, 11) is 1.41. The predicted molar refractivity (Wildman–Crippen MR) is 101 cm³/mol. The Labute approximate surface area is 164 Å². The Kier molecular flexibility index (Phi) is 6.13. The summed E-state index contributed by atoms with van der Waals surface area (Å²) in [5.74, 6) is -1.52. The first-order valence-corrected chi connectivity index (χ1v) is 9.84. The zero-order valence-corrected chi connectivity index (χ0v) is 16.4. The van der Waals surface area contributed by atoms with Crippen LogP contribution in [0.1, 0.15) is 44.6 Å². The fourth-order valence-corrected chi connectivity index (χ4v) is 4.13. The summed E-state index contributed by atoms with van der Waals surface area (Å²) in [5.41, 5.74) is -0.981. The van der Waals surface area contributed by atoms with Gasteiger partial charge in [0, 0.05) is 39.6 Å². The van der Waals surface area contributed by atoms with E-state index in [4.69, 9.17) is 4.74 Å². The highest BCUT2D eigenvalue weighted by atomic mass is 19.1. The lowest BCUT2D eigenvalue weighted by Crippen LogP contribution is -2.45. The van der Waals surface area contributed by atoms with Gasteiger partial charge in [-0.3, -0.25) is 19.3 Å². The van der Waals surface area contributed by atoms with Crippen LogP contribution in [-0.2, 0) is 24.5 Å². The van der Waals surface area contributed by atoms with Crippen LogP contribution in [0.15, 0.2) is 24.3 Å². The lowest BCUT2D eigenvalue weighted by molar-refractivity contribution is -0.142. The van der Waals surface area contributed by atoms with E-state index in [0.717, 1.165) is 24.2 Å². The van der Waals surface area contributed by atoms with Crippen LogP contribution in [0.3, 0.4) is 0 Å². The maximum Gasteiger partial charge on any atom is 0.240 e. The first-order valence-electron chi connectivity index (χ1n) is 9.84. The number of rotatable bonds is 7. The maximum atomic E-state index is 13.9. The highest BCUT2D eigenvalue weighted by Gasteiger charge is 2.53. The molecule has 1 aromatic rings. The third-order valence-electron chi connectivity index (χ3n) is 5.67. The molecule has 0 bridgehead atoms. The molecule has 2 aliphatic rings. The lowest BCUT2D eigenvalue weighted by atomic mass is 9.75. The molecule has 2 saturated heterocycles. The topological polar surface area (TPSA) is 66.9 Å². The molecular weight excluding hydrogens is 363 g/mol. The van der Waals surface area contributed by atoms with Crippen LogP contribution in [0.5, 0.6) is 0 Å². The molecule has 0 spiro atoms. The summed E-state index contributed by atoms with van der Waals surface area (Å²) < 4.78 is 19.5. The van der Waals surface area contributed by atoms with Gasteiger partial charge in [-0.1, -0.05) is 19.1 Å². The van der Waals surface area contributed by atoms with Gasteiger partial charge in [0.15, 0.2) is 0 Å². The van der Waals surface area contributed by atoms with Gasteiger partial charge in [-0.25, -0.2) is 4.39 Å². The second-order valence-corrected chi connectivity index (χ2v) is 7.68. The second kappa shape index (κ2) is 8.39. The summed E-state index contributed by atoms with van der Waals surface area (Å²) in [4.78, 5) is 41.2. The molecule has 2 aliphatic heterocycles. The zero-order valence-electron chi connectivity index (χ0n) is 16.4. The highest BCUT2D eigenvalue weighted by Crippen LogP contribution is 2.40. The summed E-state index contributed by atoms with van der Waals surface area (Å²) in [6, 6.07) is 5.65. The summed E-state index contributed by atoms with van der Waals surface area (Å²) in [6.07, 6.45) is 2.38. The number of ether oxygens (including phenoxy) is 1. The SMILES string of the molecule is CCCN(C[C@H]1CCCO1)C(=O)C[C@@]1(c2cccc(F)c2)CC(=O)N(C)C1=O. The van der Waals surface area contributed by atoms with E-state index in [1.807, 2.05) is 6.92 Å². The van der Waals surface area contributed by atoms with E-state index in [2.05, 4.69) is 0 Å². The third-order valence-corrected chi connectivity index (χ3v) is 5.67. The number of likely N-dealkylation sites (tertiary alicyclic amines) is 1. The van der Waals surface area contributed by atoms with E-state index in [-0.39, 0.29) is 30.8 Å². The van der Waals surface area contributed by atoms with E-state index in [1.54, 1.807) is 11.0 Å². The van der Waals surface area contributed by atoms with E-state index >= 15 is 0 Å². The summed E-state index contributed by atoms with van der Waals surface area (Å²) in [5, 5.41) is 0. The predicted octanol–water partition coefficient (Wildman–Crippen LogP) is 2.26. The van der Waals surface area contributed by atoms with Gasteiger partial charge in [-0.15, -0.1) is 0 Å². The van der Waals surface area contributed by atoms with E-state index in [9.17, 15) is 18.8 Å². The Morgan fingerprint density at radius 2 is 2.18 bits per heavy atom. The van der Waals surface area contributed by atoms with Crippen LogP contribution >= 0.6 is 0 Å². The quantitative estimate of drug-likeness (QED) is 0.670. The Balaban J connectivity index is 1.89. The van der Waals surface area contributed by atoms with Gasteiger partial charge in [0.25, 0.3) is 0 Å². The van der Waals surface area contributed by atoms with Gasteiger partial charge in [0.2, 0.25) is 17.7 Å². The van der Waals surface area contributed by atoms with Gasteiger partial charge >= 0.3 is 0 Å². The fourth-order valence-electron chi connectivity index (χ4n) is 4.13. The number of nitrogens with zero attached hydrogens (tertiary/aromatic N) is 2. The van der Waals surface area contributed by atoms with Crippen LogP contribution in [0.25, 0.3) is 0 Å². The third kappa shape index (κ3) is 3.94. The molecule has 3 rings (SSSR count). The number of carbonyl (C=O) groups is 3. The molecule has 0 unspecified atom stereocenters. The smallest absolute Gasteiger partial charge is 0.240 e. The van der Waals surface area contributed by atoms with Crippen molar-refractivity contribution < 1.29 is 23.5 Å². The number of halogens is 1. The Morgan fingerprint density at radius 3 is 2.75 bits per heavy atom. The fraction of sp³-hybridized carbons (Fsp3) is 0.571. The summed E-state index contributed by atoms with van der Waals surface area (Å²) in [6.45, 7) is 3.71. The number of carbonyl (C=O) groups excluding carboxylic acids is 3. The van der Waals surface area contributed by atoms with Crippen LogP contribution in [-0.4, -0.2) is 60.4 Å². The largest absolute Gasteiger partial charge is 0.376 e. The molecule has 0 radical (unpaired) electrons. The molecule has 0 aromatic heterocycles.